The van der Waals surface area contributed by atoms with Gasteiger partial charge in [0.25, 0.3) is 0 Å². The molecule has 0 aromatic carbocycles. The number of nitrogens with zero attached hydrogens (tertiary/aromatic N) is 3. The van der Waals surface area contributed by atoms with E-state index in [0.29, 0.717) is 0 Å². The van der Waals surface area contributed by atoms with Gasteiger partial charge >= 0.3 is 17.1 Å². The zero-order valence-electron chi connectivity index (χ0n) is 2.09. The van der Waals surface area contributed by atoms with Crippen molar-refractivity contribution >= 4 is 0 Å². The maximum Gasteiger partial charge on any atom is 2.00 e. The summed E-state index contributed by atoms with van der Waals surface area (Å²) in [5, 5.41) is 1.50. The summed E-state index contributed by atoms with van der Waals surface area (Å²) in [5.41, 5.74) is 6.75. The van der Waals surface area contributed by atoms with Crippen LogP contribution < -0.4 is 5.84 Å². The quantitative estimate of drug-likeness (QED) is 0.249. The molecule has 0 aliphatic heterocycles. The number of rotatable bonds is 0. The van der Waals surface area contributed by atoms with E-state index in [2.05, 4.69) is 0 Å². The summed E-state index contributed by atoms with van der Waals surface area (Å²) in [6, 6.07) is 0. The second-order valence-corrected chi connectivity index (χ2v) is 0.0894. The third-order valence-corrected chi connectivity index (χ3v) is 0. The fraction of sp³-hybridized carbons (Fsp3) is 0. The van der Waals surface area contributed by atoms with Gasteiger partial charge in [0, 0.05) is 0 Å². The molecule has 3 radical (unpaired) electrons. The second-order valence-electron chi connectivity index (χ2n) is 0.0894. The first-order valence-corrected chi connectivity index (χ1v) is 0.400. The Morgan fingerprint density at radius 3 is 1.60 bits per heavy atom. The molecule has 0 heterocycles. The van der Waals surface area contributed by atoms with Gasteiger partial charge in [-0.3, -0.25) is 5.22 Å². The van der Waals surface area contributed by atoms with E-state index in [4.69, 9.17) is 11.4 Å². The molecule has 0 amide bonds. The summed E-state index contributed by atoms with van der Waals surface area (Å²) in [6.45, 7) is 0. The van der Waals surface area contributed by atoms with Crippen LogP contribution in [0.4, 0.5) is 0 Å². The van der Waals surface area contributed by atoms with E-state index in [9.17, 15) is 0 Å². The topological polar surface area (TPSA) is 87.0 Å². The van der Waals surface area contributed by atoms with Gasteiger partial charge in [-0.25, -0.2) is 0 Å². The predicted octanol–water partition coefficient (Wildman–Crippen LogP) is -0.188. The second kappa shape index (κ2) is 41.6. The zero-order valence-corrected chi connectivity index (χ0v) is 3.03. The van der Waals surface area contributed by atoms with Crippen LogP contribution in [0, 0.1) is 0 Å². The fourth-order valence-electron chi connectivity index (χ4n) is 0. The molecule has 0 bridgehead atoms. The van der Waals surface area contributed by atoms with Crippen molar-refractivity contribution in [3.8, 4) is 0 Å². The third-order valence-electron chi connectivity index (χ3n) is 0. The largest absolute Gasteiger partial charge is 2.00 e. The van der Waals surface area contributed by atoms with Gasteiger partial charge in [0.2, 0.25) is 0 Å². The van der Waals surface area contributed by atoms with Crippen molar-refractivity contribution in [1.29, 1.82) is 0 Å². The summed E-state index contributed by atoms with van der Waals surface area (Å²) in [7, 11) is 0. The van der Waals surface area contributed by atoms with E-state index in [-0.39, 0.29) is 22.5 Å². The summed E-state index contributed by atoms with van der Waals surface area (Å²) in [4.78, 5) is 0. The van der Waals surface area contributed by atoms with Crippen LogP contribution in [0.25, 0.3) is 5.53 Å². The first kappa shape index (κ1) is 20.8. The molecule has 0 rings (SSSR count). The van der Waals surface area contributed by atoms with E-state index in [0.717, 1.165) is 0 Å². The predicted molar refractivity (Wildman–Crippen MR) is 9.86 cm³/mol. The van der Waals surface area contributed by atoms with Crippen LogP contribution >= 0.6 is 0 Å². The SMILES string of the molecule is [Cu+2].[N]N=[N-].[OH-]. The van der Waals surface area contributed by atoms with Crippen LogP contribution in [0.2, 0.25) is 0 Å². The minimum absolute atomic E-state index is 0. The Kier molecular flexibility index (Phi) is 173. The van der Waals surface area contributed by atoms with E-state index in [1.807, 2.05) is 0 Å². The Morgan fingerprint density at radius 2 is 1.60 bits per heavy atom. The van der Waals surface area contributed by atoms with Crippen LogP contribution in [-0.4, -0.2) is 5.48 Å². The van der Waals surface area contributed by atoms with Crippen molar-refractivity contribution in [3.05, 3.63) is 5.53 Å². The van der Waals surface area contributed by atoms with Gasteiger partial charge in [-0.2, -0.15) is 0 Å². The van der Waals surface area contributed by atoms with Gasteiger partial charge in [-0.15, -0.1) is 0 Å². The number of hydrogen-bond acceptors (Lipinski definition) is 2. The molecule has 0 saturated carbocycles. The molecule has 0 unspecified atom stereocenters. The van der Waals surface area contributed by atoms with Gasteiger partial charge in [-0.05, 0) is 0 Å². The van der Waals surface area contributed by atoms with Crippen molar-refractivity contribution in [2.75, 3.05) is 0 Å². The molecule has 1 N–H and O–H groups in total. The molecule has 0 spiro atoms. The van der Waals surface area contributed by atoms with Gasteiger partial charge in [-0.1, -0.05) is 0 Å². The molecule has 0 aromatic rings. The van der Waals surface area contributed by atoms with Crippen molar-refractivity contribution in [3.63, 3.8) is 0 Å². The minimum Gasteiger partial charge on any atom is -0.870 e. The molecule has 33 valence electrons. The summed E-state index contributed by atoms with van der Waals surface area (Å²) in [6.07, 6.45) is 0. The Hall–Kier alpha value is -0.121. The molecule has 4 nitrogen and oxygen atoms in total. The minimum atomic E-state index is 0. The fourth-order valence-corrected chi connectivity index (χ4v) is 0. The normalized spacial score (nSPS) is 2.40. The molecular weight excluding hydrogens is 122 g/mol. The van der Waals surface area contributed by atoms with Crippen molar-refractivity contribution in [1.82, 2.24) is 5.84 Å². The molecule has 0 atom stereocenters. The average Bonchev–Trinajstić information content (AvgIpc) is 0.918. The molecule has 5 heavy (non-hydrogen) atoms. The first-order chi connectivity index (χ1) is 1.41. The molecular formula is HCuN3O. The van der Waals surface area contributed by atoms with Crippen molar-refractivity contribution < 1.29 is 22.5 Å². The van der Waals surface area contributed by atoms with E-state index in [1.165, 1.54) is 5.22 Å². The van der Waals surface area contributed by atoms with E-state index >= 15 is 0 Å². The summed E-state index contributed by atoms with van der Waals surface area (Å²) >= 11 is 0. The Morgan fingerprint density at radius 1 is 1.60 bits per heavy atom. The molecule has 0 aliphatic carbocycles. The molecule has 0 aromatic heterocycles. The maximum absolute atomic E-state index is 6.75. The van der Waals surface area contributed by atoms with Gasteiger partial charge in [0.1, 0.15) is 0 Å². The maximum atomic E-state index is 6.75. The van der Waals surface area contributed by atoms with Gasteiger partial charge in [0.15, 0.2) is 0 Å². The van der Waals surface area contributed by atoms with Crippen LogP contribution in [0.15, 0.2) is 5.22 Å². The Labute approximate surface area is 40.0 Å². The van der Waals surface area contributed by atoms with Crippen LogP contribution in [0.5, 0.6) is 0 Å². The molecule has 5 heteroatoms. The number of hydrogen-bond donors (Lipinski definition) is 0. The van der Waals surface area contributed by atoms with Gasteiger partial charge in [0.05, 0.1) is 0 Å². The molecule has 0 saturated heterocycles. The monoisotopic (exact) mass is 122 g/mol. The molecule has 0 fully saturated rings. The van der Waals surface area contributed by atoms with Gasteiger partial charge < -0.3 is 16.8 Å². The van der Waals surface area contributed by atoms with E-state index in [1.54, 1.807) is 0 Å². The van der Waals surface area contributed by atoms with Crippen molar-refractivity contribution in [2.45, 2.75) is 0 Å². The first-order valence-electron chi connectivity index (χ1n) is 0.400. The molecule has 0 aliphatic rings. The van der Waals surface area contributed by atoms with Crippen molar-refractivity contribution in [2.24, 2.45) is 5.22 Å². The smallest absolute Gasteiger partial charge is 0.870 e. The summed E-state index contributed by atoms with van der Waals surface area (Å²) < 4.78 is 0. The third kappa shape index (κ3) is 943. The Bertz CT molecular complexity index is 14.4. The van der Waals surface area contributed by atoms with Crippen LogP contribution in [0.3, 0.4) is 0 Å². The van der Waals surface area contributed by atoms with Crippen LogP contribution in [0.1, 0.15) is 0 Å². The van der Waals surface area contributed by atoms with Crippen LogP contribution in [-0.2, 0) is 17.1 Å². The standard InChI is InChI=1S/Cu.N3.H2O/c;1-3-2;/h;;1H2/q+2;-1;/p-1. The zero-order chi connectivity index (χ0) is 2.71. The average molecular weight is 123 g/mol. The summed E-state index contributed by atoms with van der Waals surface area (Å²) in [5.74, 6) is 6.75. The van der Waals surface area contributed by atoms with E-state index < -0.39 is 0 Å². The Balaban J connectivity index is -0.0000000200.